The van der Waals surface area contributed by atoms with Gasteiger partial charge in [-0.1, -0.05) is 55.5 Å². The number of hydrogen-bond acceptors (Lipinski definition) is 7. The molecule has 0 fully saturated rings. The summed E-state index contributed by atoms with van der Waals surface area (Å²) in [6, 6.07) is 13.7. The molecule has 2 heterocycles. The molecule has 1 aliphatic rings. The van der Waals surface area contributed by atoms with Crippen LogP contribution < -0.4 is 14.8 Å². The van der Waals surface area contributed by atoms with Crippen molar-refractivity contribution >= 4 is 72.0 Å². The molecule has 44 heavy (non-hydrogen) atoms. The third kappa shape index (κ3) is 8.23. The molecule has 2 N–H and O–H groups in total. The molecule has 0 radical (unpaired) electrons. The first kappa shape index (κ1) is 34.0. The third-order valence-electron chi connectivity index (χ3n) is 7.34. The molecule has 1 unspecified atom stereocenters. The molecule has 2 aromatic carbocycles. The molecule has 0 spiro atoms. The summed E-state index contributed by atoms with van der Waals surface area (Å²) in [6.07, 6.45) is 10.9. The molecule has 1 aromatic heterocycles. The highest BCUT2D eigenvalue weighted by Crippen LogP contribution is 2.48. The third-order valence-corrected chi connectivity index (χ3v) is 10.5. The highest BCUT2D eigenvalue weighted by atomic mass is 35.5. The monoisotopic (exact) mass is 678 g/mol. The lowest BCUT2D eigenvalue weighted by atomic mass is 9.83. The number of para-hydroxylation sites is 1. The number of nitrogens with zero attached hydrogens (tertiary/aromatic N) is 2. The summed E-state index contributed by atoms with van der Waals surface area (Å²) in [4.78, 5) is 14.4. The van der Waals surface area contributed by atoms with Gasteiger partial charge in [-0.15, -0.1) is 11.6 Å². The minimum atomic E-state index is -4.03. The summed E-state index contributed by atoms with van der Waals surface area (Å²) in [6.45, 7) is 5.87. The van der Waals surface area contributed by atoms with Crippen LogP contribution >= 0.6 is 22.9 Å². The molecular weight excluding hydrogens is 642 g/mol. The SMILES string of the molecule is COS(=O)c1ccc2c(c1)C(C)(C)/C(=C/C=C/C=C/c1sc3ccccc3[n+]1CCCS(=O)(=O)O)N2CCCNC(=O)CCl. The number of alkyl halides is 1. The number of aryl methyl sites for hydroxylation is 1. The Morgan fingerprint density at radius 2 is 1.95 bits per heavy atom. The molecule has 1 aliphatic heterocycles. The lowest BCUT2D eigenvalue weighted by molar-refractivity contribution is -0.668. The summed E-state index contributed by atoms with van der Waals surface area (Å²) in [5.41, 5.74) is 3.73. The number of thiazole rings is 1. The van der Waals surface area contributed by atoms with Gasteiger partial charge in [0, 0.05) is 48.5 Å². The van der Waals surface area contributed by atoms with Gasteiger partial charge < -0.3 is 10.2 Å². The number of carbonyl (C=O) groups excluding carboxylic acids is 1. The largest absolute Gasteiger partial charge is 0.355 e. The second-order valence-electron chi connectivity index (χ2n) is 10.7. The summed E-state index contributed by atoms with van der Waals surface area (Å²) in [5, 5.41) is 3.78. The van der Waals surface area contributed by atoms with E-state index in [0.717, 1.165) is 32.2 Å². The van der Waals surface area contributed by atoms with E-state index in [1.54, 1.807) is 11.3 Å². The molecule has 236 valence electrons. The summed E-state index contributed by atoms with van der Waals surface area (Å²) in [5.74, 6) is -0.573. The van der Waals surface area contributed by atoms with Crippen LogP contribution in [0.4, 0.5) is 5.69 Å². The van der Waals surface area contributed by atoms with Crippen LogP contribution in [-0.4, -0.2) is 54.9 Å². The minimum Gasteiger partial charge on any atom is -0.355 e. The van der Waals surface area contributed by atoms with E-state index in [0.29, 0.717) is 37.4 Å². The van der Waals surface area contributed by atoms with E-state index < -0.39 is 26.6 Å². The first-order valence-corrected chi connectivity index (χ1v) is 18.1. The zero-order chi connectivity index (χ0) is 31.9. The van der Waals surface area contributed by atoms with Gasteiger partial charge in [0.05, 0.1) is 17.8 Å². The van der Waals surface area contributed by atoms with Gasteiger partial charge in [0.1, 0.15) is 10.6 Å². The zero-order valence-electron chi connectivity index (χ0n) is 24.9. The van der Waals surface area contributed by atoms with E-state index in [2.05, 4.69) is 34.7 Å². The molecule has 0 aliphatic carbocycles. The van der Waals surface area contributed by atoms with Gasteiger partial charge >= 0.3 is 0 Å². The highest BCUT2D eigenvalue weighted by Gasteiger charge is 2.40. The number of benzene rings is 2. The van der Waals surface area contributed by atoms with Crippen LogP contribution in [0.1, 0.15) is 37.3 Å². The number of amides is 1. The zero-order valence-corrected chi connectivity index (χ0v) is 28.1. The minimum absolute atomic E-state index is 0.0749. The molecule has 3 aromatic rings. The molecule has 1 atom stereocenters. The number of allylic oxidation sites excluding steroid dienone is 5. The number of hydrogen-bond donors (Lipinski definition) is 2. The predicted octanol–water partition coefficient (Wildman–Crippen LogP) is 5.13. The van der Waals surface area contributed by atoms with Crippen molar-refractivity contribution in [3.8, 4) is 0 Å². The van der Waals surface area contributed by atoms with Crippen molar-refractivity contribution in [2.75, 3.05) is 36.7 Å². The van der Waals surface area contributed by atoms with Crippen LogP contribution in [0.15, 0.2) is 77.4 Å². The molecule has 13 heteroatoms. The molecule has 1 amide bonds. The first-order chi connectivity index (χ1) is 21.0. The number of nitrogens with one attached hydrogen (secondary N) is 1. The fourth-order valence-corrected chi connectivity index (χ4v) is 7.54. The average molecular weight is 679 g/mol. The van der Waals surface area contributed by atoms with Crippen molar-refractivity contribution < 1.29 is 30.7 Å². The van der Waals surface area contributed by atoms with Gasteiger partial charge in [-0.3, -0.25) is 13.5 Å². The van der Waals surface area contributed by atoms with Gasteiger partial charge in [0.2, 0.25) is 11.4 Å². The van der Waals surface area contributed by atoms with Crippen molar-refractivity contribution in [1.82, 2.24) is 5.32 Å². The number of halogens is 1. The van der Waals surface area contributed by atoms with Crippen LogP contribution in [0.3, 0.4) is 0 Å². The molecule has 9 nitrogen and oxygen atoms in total. The van der Waals surface area contributed by atoms with Gasteiger partial charge in [0.15, 0.2) is 17.6 Å². The Morgan fingerprint density at radius 1 is 1.18 bits per heavy atom. The van der Waals surface area contributed by atoms with E-state index in [-0.39, 0.29) is 17.5 Å². The molecule has 0 bridgehead atoms. The van der Waals surface area contributed by atoms with Gasteiger partial charge in [-0.2, -0.15) is 13.0 Å². The number of fused-ring (bicyclic) bond motifs is 2. The maximum Gasteiger partial charge on any atom is 0.265 e. The van der Waals surface area contributed by atoms with Crippen molar-refractivity contribution in [1.29, 1.82) is 0 Å². The van der Waals surface area contributed by atoms with E-state index in [1.165, 1.54) is 7.11 Å². The lowest BCUT2D eigenvalue weighted by Gasteiger charge is -2.27. The Labute approximate surface area is 270 Å². The Hall–Kier alpha value is -2.87. The van der Waals surface area contributed by atoms with Gasteiger partial charge in [-0.05, 0) is 42.3 Å². The van der Waals surface area contributed by atoms with Gasteiger partial charge in [0.25, 0.3) is 15.1 Å². The summed E-state index contributed by atoms with van der Waals surface area (Å²) in [7, 11) is -2.61. The number of carbonyl (C=O) groups is 1. The van der Waals surface area contributed by atoms with Crippen molar-refractivity contribution in [2.45, 2.75) is 43.5 Å². The Bertz CT molecular complexity index is 1730. The normalized spacial score (nSPS) is 16.4. The van der Waals surface area contributed by atoms with Crippen LogP contribution in [0.2, 0.25) is 0 Å². The van der Waals surface area contributed by atoms with Crippen LogP contribution in [-0.2, 0) is 42.1 Å². The van der Waals surface area contributed by atoms with E-state index in [9.17, 15) is 17.4 Å². The average Bonchev–Trinajstić information content (AvgIpc) is 3.44. The Morgan fingerprint density at radius 3 is 2.68 bits per heavy atom. The summed E-state index contributed by atoms with van der Waals surface area (Å²) < 4.78 is 52.3. The number of aromatic nitrogens is 1. The second-order valence-corrected chi connectivity index (χ2v) is 14.9. The molecular formula is C31H37ClN3O6S3+. The predicted molar refractivity (Wildman–Crippen MR) is 178 cm³/mol. The topological polar surface area (TPSA) is 117 Å². The van der Waals surface area contributed by atoms with E-state index >= 15 is 0 Å². The molecule has 4 rings (SSSR count). The van der Waals surface area contributed by atoms with Gasteiger partial charge in [-0.25, -0.2) is 4.21 Å². The Kier molecular flexibility index (Phi) is 11.5. The quantitative estimate of drug-likeness (QED) is 0.0798. The Balaban J connectivity index is 1.59. The maximum absolute atomic E-state index is 12.4. The maximum atomic E-state index is 12.4. The fourth-order valence-electron chi connectivity index (χ4n) is 5.27. The second kappa shape index (κ2) is 14.9. The smallest absolute Gasteiger partial charge is 0.265 e. The van der Waals surface area contributed by atoms with Crippen LogP contribution in [0.5, 0.6) is 0 Å². The van der Waals surface area contributed by atoms with E-state index in [4.69, 9.17) is 20.3 Å². The van der Waals surface area contributed by atoms with Crippen LogP contribution in [0, 0.1) is 0 Å². The summed E-state index contributed by atoms with van der Waals surface area (Å²) >= 11 is 5.67. The highest BCUT2D eigenvalue weighted by molar-refractivity contribution is 7.85. The number of anilines is 1. The van der Waals surface area contributed by atoms with Crippen LogP contribution in [0.25, 0.3) is 16.3 Å². The standard InChI is InChI=1S/C31H36ClN3O6S3/c1-31(2)24-21-23(43(37)41-3)15-16-25(24)34(18-9-17-33-29(36)22-32)28(31)13-5-4-6-14-30-35(19-10-20-44(38,39)40)26-11-7-8-12-27(26)42-30/h4-8,11-16,21H,9-10,17-20,22H2,1-3H3,(H-,33,36,38,39,40)/p+1. The lowest BCUT2D eigenvalue weighted by Crippen LogP contribution is -2.35. The first-order valence-electron chi connectivity index (χ1n) is 14.1. The van der Waals surface area contributed by atoms with Crippen molar-refractivity contribution in [2.24, 2.45) is 0 Å². The molecule has 0 saturated heterocycles. The van der Waals surface area contributed by atoms with Crippen molar-refractivity contribution in [3.63, 3.8) is 0 Å². The number of rotatable bonds is 14. The van der Waals surface area contributed by atoms with Crippen molar-refractivity contribution in [3.05, 3.63) is 83.0 Å². The fraction of sp³-hybridized carbons (Fsp3) is 0.355. The molecule has 0 saturated carbocycles. The van der Waals surface area contributed by atoms with E-state index in [1.807, 2.05) is 66.8 Å².